The second kappa shape index (κ2) is 8.47. The topological polar surface area (TPSA) is 45.2 Å². The number of hydrogen-bond acceptors (Lipinski definition) is 4. The summed E-state index contributed by atoms with van der Waals surface area (Å²) in [6, 6.07) is 16.6. The SMILES string of the molecule is Cc1cnc2c(c1)N(CCCNCc1ccccc1)c1c(ccc(C)c1C)S2=O. The third kappa shape index (κ3) is 3.98. The summed E-state index contributed by atoms with van der Waals surface area (Å²) in [7, 11) is -1.24. The molecule has 1 N–H and O–H groups in total. The van der Waals surface area contributed by atoms with Gasteiger partial charge in [-0.15, -0.1) is 0 Å². The molecular weight excluding hydrogens is 378 g/mol. The predicted octanol–water partition coefficient (Wildman–Crippen LogP) is 4.80. The zero-order valence-electron chi connectivity index (χ0n) is 17.2. The minimum absolute atomic E-state index is 0.670. The van der Waals surface area contributed by atoms with Crippen molar-refractivity contribution >= 4 is 22.2 Å². The number of rotatable bonds is 6. The number of nitrogens with zero attached hydrogens (tertiary/aromatic N) is 2. The molecule has 1 aliphatic rings. The van der Waals surface area contributed by atoms with E-state index in [4.69, 9.17) is 0 Å². The Balaban J connectivity index is 1.56. The molecule has 1 unspecified atom stereocenters. The van der Waals surface area contributed by atoms with Crippen LogP contribution in [0.3, 0.4) is 0 Å². The lowest BCUT2D eigenvalue weighted by Crippen LogP contribution is -2.29. The van der Waals surface area contributed by atoms with Gasteiger partial charge < -0.3 is 10.2 Å². The van der Waals surface area contributed by atoms with Gasteiger partial charge >= 0.3 is 0 Å². The van der Waals surface area contributed by atoms with Crippen molar-refractivity contribution in [1.29, 1.82) is 0 Å². The first-order valence-corrected chi connectivity index (χ1v) is 11.2. The summed E-state index contributed by atoms with van der Waals surface area (Å²) in [4.78, 5) is 7.72. The maximum atomic E-state index is 13.2. The summed E-state index contributed by atoms with van der Waals surface area (Å²) in [5, 5.41) is 4.20. The Morgan fingerprint density at radius 3 is 2.66 bits per heavy atom. The minimum Gasteiger partial charge on any atom is -0.338 e. The van der Waals surface area contributed by atoms with Crippen molar-refractivity contribution < 1.29 is 4.21 Å². The fourth-order valence-corrected chi connectivity index (χ4v) is 5.13. The zero-order valence-corrected chi connectivity index (χ0v) is 18.1. The maximum Gasteiger partial charge on any atom is 0.155 e. The third-order valence-electron chi connectivity index (χ3n) is 5.48. The van der Waals surface area contributed by atoms with Gasteiger partial charge in [-0.05, 0) is 68.1 Å². The van der Waals surface area contributed by atoms with E-state index in [0.717, 1.165) is 47.9 Å². The molecule has 4 rings (SSSR count). The predicted molar refractivity (Wildman–Crippen MR) is 119 cm³/mol. The number of nitrogens with one attached hydrogen (secondary N) is 1. The summed E-state index contributed by atoms with van der Waals surface area (Å²) >= 11 is 0. The average molecular weight is 406 g/mol. The Labute approximate surface area is 175 Å². The zero-order chi connectivity index (χ0) is 20.4. The molecule has 0 amide bonds. The summed E-state index contributed by atoms with van der Waals surface area (Å²) < 4.78 is 13.2. The first-order chi connectivity index (χ1) is 14.1. The molecule has 1 aliphatic heterocycles. The van der Waals surface area contributed by atoms with E-state index in [-0.39, 0.29) is 0 Å². The van der Waals surface area contributed by atoms with Crippen LogP contribution < -0.4 is 10.2 Å². The van der Waals surface area contributed by atoms with E-state index >= 15 is 0 Å². The van der Waals surface area contributed by atoms with Crippen molar-refractivity contribution in [2.45, 2.75) is 43.7 Å². The second-order valence-corrected chi connectivity index (χ2v) is 8.99. The molecule has 150 valence electrons. The fraction of sp³-hybridized carbons (Fsp3) is 0.292. The van der Waals surface area contributed by atoms with Crippen LogP contribution in [0.15, 0.2) is 64.6 Å². The number of anilines is 2. The molecule has 0 aliphatic carbocycles. The number of pyridine rings is 1. The molecule has 1 atom stereocenters. The van der Waals surface area contributed by atoms with Gasteiger partial charge in [0.15, 0.2) is 5.03 Å². The first-order valence-electron chi connectivity index (χ1n) is 10.1. The Kier molecular flexibility index (Phi) is 5.79. The van der Waals surface area contributed by atoms with Gasteiger partial charge in [0.25, 0.3) is 0 Å². The summed E-state index contributed by atoms with van der Waals surface area (Å²) in [6.45, 7) is 8.92. The molecule has 1 aromatic heterocycles. The Hall–Kier alpha value is -2.50. The van der Waals surface area contributed by atoms with Crippen LogP contribution in [0.4, 0.5) is 11.4 Å². The number of aryl methyl sites for hydroxylation is 2. The van der Waals surface area contributed by atoms with Crippen molar-refractivity contribution in [2.24, 2.45) is 0 Å². The molecule has 0 spiro atoms. The monoisotopic (exact) mass is 405 g/mol. The third-order valence-corrected chi connectivity index (χ3v) is 6.87. The Bertz CT molecular complexity index is 1050. The number of fused-ring (bicyclic) bond motifs is 2. The van der Waals surface area contributed by atoms with Crippen LogP contribution in [0.1, 0.15) is 28.7 Å². The average Bonchev–Trinajstić information content (AvgIpc) is 2.73. The van der Waals surface area contributed by atoms with E-state index < -0.39 is 10.8 Å². The number of aromatic nitrogens is 1. The van der Waals surface area contributed by atoms with E-state index in [1.165, 1.54) is 16.7 Å². The lowest BCUT2D eigenvalue weighted by Gasteiger charge is -2.34. The molecule has 0 bridgehead atoms. The summed E-state index contributed by atoms with van der Waals surface area (Å²) in [5.74, 6) is 0. The maximum absolute atomic E-state index is 13.2. The minimum atomic E-state index is -1.24. The molecule has 29 heavy (non-hydrogen) atoms. The molecular formula is C24H27N3OS. The van der Waals surface area contributed by atoms with Crippen LogP contribution in [0.25, 0.3) is 0 Å². The van der Waals surface area contributed by atoms with E-state index in [9.17, 15) is 4.21 Å². The summed E-state index contributed by atoms with van der Waals surface area (Å²) in [5.41, 5.74) is 6.86. The smallest absolute Gasteiger partial charge is 0.155 e. The van der Waals surface area contributed by atoms with E-state index in [1.54, 1.807) is 0 Å². The van der Waals surface area contributed by atoms with Crippen molar-refractivity contribution in [3.05, 3.63) is 77.0 Å². The largest absolute Gasteiger partial charge is 0.338 e. The van der Waals surface area contributed by atoms with Crippen LogP contribution >= 0.6 is 0 Å². The normalized spacial score (nSPS) is 15.1. The van der Waals surface area contributed by atoms with Crippen LogP contribution in [-0.4, -0.2) is 22.3 Å². The lowest BCUT2D eigenvalue weighted by atomic mass is 10.1. The Morgan fingerprint density at radius 2 is 1.86 bits per heavy atom. The second-order valence-electron chi connectivity index (χ2n) is 7.63. The first kappa shape index (κ1) is 19.8. The van der Waals surface area contributed by atoms with Crippen LogP contribution in [0, 0.1) is 20.8 Å². The Morgan fingerprint density at radius 1 is 1.07 bits per heavy atom. The van der Waals surface area contributed by atoms with E-state index in [0.29, 0.717) is 5.03 Å². The van der Waals surface area contributed by atoms with Gasteiger partial charge in [0.05, 0.1) is 16.3 Å². The van der Waals surface area contributed by atoms with Crippen molar-refractivity contribution in [3.63, 3.8) is 0 Å². The molecule has 2 aromatic carbocycles. The highest BCUT2D eigenvalue weighted by atomic mass is 32.2. The van der Waals surface area contributed by atoms with Gasteiger partial charge in [0, 0.05) is 19.3 Å². The van der Waals surface area contributed by atoms with Gasteiger partial charge in [0.2, 0.25) is 0 Å². The quantitative estimate of drug-likeness (QED) is 0.598. The molecule has 2 heterocycles. The van der Waals surface area contributed by atoms with E-state index in [1.807, 2.05) is 25.3 Å². The van der Waals surface area contributed by atoms with Crippen molar-refractivity contribution in [3.8, 4) is 0 Å². The van der Waals surface area contributed by atoms with Crippen molar-refractivity contribution in [1.82, 2.24) is 10.3 Å². The van der Waals surface area contributed by atoms with Crippen LogP contribution in [0.2, 0.25) is 0 Å². The highest BCUT2D eigenvalue weighted by Gasteiger charge is 2.30. The van der Waals surface area contributed by atoms with Crippen molar-refractivity contribution in [2.75, 3.05) is 18.0 Å². The van der Waals surface area contributed by atoms with Crippen LogP contribution in [-0.2, 0) is 17.3 Å². The highest BCUT2D eigenvalue weighted by molar-refractivity contribution is 7.85. The van der Waals surface area contributed by atoms with Gasteiger partial charge in [-0.2, -0.15) is 0 Å². The van der Waals surface area contributed by atoms with Crippen LogP contribution in [0.5, 0.6) is 0 Å². The number of benzene rings is 2. The van der Waals surface area contributed by atoms with Gasteiger partial charge in [-0.3, -0.25) is 0 Å². The molecule has 3 aromatic rings. The van der Waals surface area contributed by atoms with Gasteiger partial charge in [-0.1, -0.05) is 36.4 Å². The molecule has 5 heteroatoms. The fourth-order valence-electron chi connectivity index (χ4n) is 3.79. The van der Waals surface area contributed by atoms with Gasteiger partial charge in [-0.25, -0.2) is 9.19 Å². The molecule has 4 nitrogen and oxygen atoms in total. The lowest BCUT2D eigenvalue weighted by molar-refractivity contribution is 0.645. The van der Waals surface area contributed by atoms with Gasteiger partial charge in [0.1, 0.15) is 10.8 Å². The highest BCUT2D eigenvalue weighted by Crippen LogP contribution is 2.43. The van der Waals surface area contributed by atoms with E-state index in [2.05, 4.69) is 65.4 Å². The standard InChI is InChI=1S/C24H27N3OS/c1-17-14-21-24(26-15-17)29(28)22-11-10-18(2)19(3)23(22)27(21)13-7-12-25-16-20-8-5-4-6-9-20/h4-6,8-11,14-15,25H,7,12-13,16H2,1-3H3. The molecule has 0 radical (unpaired) electrons. The molecule has 0 fully saturated rings. The number of hydrogen-bond donors (Lipinski definition) is 1. The molecule has 0 saturated carbocycles. The molecule has 0 saturated heterocycles. The summed E-state index contributed by atoms with van der Waals surface area (Å²) in [6.07, 6.45) is 2.79.